The number of thioether (sulfide) groups is 1. The zero-order valence-electron chi connectivity index (χ0n) is 10.3. The van der Waals surface area contributed by atoms with Crippen LogP contribution in [0.3, 0.4) is 0 Å². The van der Waals surface area contributed by atoms with Crippen LogP contribution in [0.4, 0.5) is 5.69 Å². The molecule has 9 heteroatoms. The normalized spacial score (nSPS) is 10.6. The van der Waals surface area contributed by atoms with Crippen molar-refractivity contribution in [3.63, 3.8) is 0 Å². The number of allylic oxidation sites excluding steroid dienone is 1. The highest BCUT2D eigenvalue weighted by Gasteiger charge is 2.11. The van der Waals surface area contributed by atoms with Gasteiger partial charge in [-0.1, -0.05) is 17.8 Å². The molecule has 2 heterocycles. The number of nitro groups is 1. The molecule has 0 unspecified atom stereocenters. The molecule has 0 aromatic carbocycles. The van der Waals surface area contributed by atoms with Crippen LogP contribution in [0.1, 0.15) is 5.82 Å². The van der Waals surface area contributed by atoms with Gasteiger partial charge >= 0.3 is 5.69 Å². The van der Waals surface area contributed by atoms with Crippen molar-refractivity contribution in [2.45, 2.75) is 24.5 Å². The van der Waals surface area contributed by atoms with Gasteiger partial charge in [0.25, 0.3) is 0 Å². The van der Waals surface area contributed by atoms with E-state index in [0.29, 0.717) is 12.4 Å². The zero-order valence-corrected chi connectivity index (χ0v) is 11.1. The van der Waals surface area contributed by atoms with Gasteiger partial charge in [-0.15, -0.1) is 16.8 Å². The first-order valence-corrected chi connectivity index (χ1v) is 6.40. The average molecular weight is 280 g/mol. The largest absolute Gasteiger partial charge is 0.307 e. The maximum Gasteiger partial charge on any atom is 0.307 e. The topological polar surface area (TPSA) is 91.7 Å². The van der Waals surface area contributed by atoms with Gasteiger partial charge in [-0.3, -0.25) is 14.8 Å². The van der Waals surface area contributed by atoms with Crippen LogP contribution in [0.5, 0.6) is 0 Å². The SMILES string of the molecule is C=CCn1c(C)nnc1SCn1cc([N+](=O)[O-])cn1. The Morgan fingerprint density at radius 3 is 3.00 bits per heavy atom. The van der Waals surface area contributed by atoms with Crippen molar-refractivity contribution in [1.29, 1.82) is 0 Å². The Labute approximate surface area is 113 Å². The molecule has 2 rings (SSSR count). The Bertz CT molecular complexity index is 605. The van der Waals surface area contributed by atoms with Crippen molar-refractivity contribution >= 4 is 17.4 Å². The molecule has 0 aliphatic heterocycles. The third kappa shape index (κ3) is 2.99. The van der Waals surface area contributed by atoms with Gasteiger partial charge in [-0.05, 0) is 6.92 Å². The molecule has 0 saturated heterocycles. The van der Waals surface area contributed by atoms with E-state index < -0.39 is 4.92 Å². The third-order valence-electron chi connectivity index (χ3n) is 2.37. The van der Waals surface area contributed by atoms with Crippen molar-refractivity contribution in [2.75, 3.05) is 0 Å². The van der Waals surface area contributed by atoms with Crippen molar-refractivity contribution in [2.24, 2.45) is 0 Å². The molecule has 0 atom stereocenters. The van der Waals surface area contributed by atoms with Gasteiger partial charge in [0.05, 0.1) is 10.8 Å². The number of nitrogens with zero attached hydrogens (tertiary/aromatic N) is 6. The Balaban J connectivity index is 2.05. The maximum atomic E-state index is 10.5. The summed E-state index contributed by atoms with van der Waals surface area (Å²) in [6, 6.07) is 0. The minimum Gasteiger partial charge on any atom is -0.302 e. The second-order valence-corrected chi connectivity index (χ2v) is 4.61. The molecule has 0 aliphatic rings. The summed E-state index contributed by atoms with van der Waals surface area (Å²) in [5.74, 6) is 1.23. The number of rotatable bonds is 6. The molecule has 0 N–H and O–H groups in total. The Morgan fingerprint density at radius 2 is 2.37 bits per heavy atom. The van der Waals surface area contributed by atoms with Gasteiger partial charge in [-0.25, -0.2) is 0 Å². The van der Waals surface area contributed by atoms with E-state index in [2.05, 4.69) is 21.9 Å². The standard InChI is InChI=1S/C10H12N6O2S/c1-3-4-15-8(2)12-13-10(15)19-7-14-6-9(5-11-14)16(17)18/h3,5-6H,1,4,7H2,2H3. The van der Waals surface area contributed by atoms with Crippen molar-refractivity contribution in [1.82, 2.24) is 24.5 Å². The van der Waals surface area contributed by atoms with Crippen LogP contribution in [0, 0.1) is 17.0 Å². The number of aromatic nitrogens is 5. The summed E-state index contributed by atoms with van der Waals surface area (Å²) in [5.41, 5.74) is -0.0238. The van der Waals surface area contributed by atoms with Crippen LogP contribution in [0.15, 0.2) is 30.2 Å². The summed E-state index contributed by atoms with van der Waals surface area (Å²) < 4.78 is 3.40. The lowest BCUT2D eigenvalue weighted by atomic mass is 10.6. The summed E-state index contributed by atoms with van der Waals surface area (Å²) in [4.78, 5) is 10.1. The van der Waals surface area contributed by atoms with Crippen molar-refractivity contribution < 1.29 is 4.92 Å². The maximum absolute atomic E-state index is 10.5. The molecule has 100 valence electrons. The first-order valence-electron chi connectivity index (χ1n) is 5.42. The van der Waals surface area contributed by atoms with Gasteiger partial charge in [0, 0.05) is 6.54 Å². The van der Waals surface area contributed by atoms with Crippen LogP contribution >= 0.6 is 11.8 Å². The Morgan fingerprint density at radius 1 is 1.58 bits per heavy atom. The summed E-state index contributed by atoms with van der Waals surface area (Å²) >= 11 is 1.41. The molecule has 8 nitrogen and oxygen atoms in total. The first-order chi connectivity index (χ1) is 9.11. The smallest absolute Gasteiger partial charge is 0.302 e. The van der Waals surface area contributed by atoms with Gasteiger partial charge in [0.2, 0.25) is 0 Å². The third-order valence-corrected chi connectivity index (χ3v) is 3.32. The van der Waals surface area contributed by atoms with Gasteiger partial charge in [-0.2, -0.15) is 5.10 Å². The molecule has 0 bridgehead atoms. The fourth-order valence-electron chi connectivity index (χ4n) is 1.45. The quantitative estimate of drug-likeness (QED) is 0.345. The molecule has 0 fully saturated rings. The molecule has 0 spiro atoms. The van der Waals surface area contributed by atoms with E-state index in [9.17, 15) is 10.1 Å². The minimum absolute atomic E-state index is 0.0238. The number of hydrogen-bond acceptors (Lipinski definition) is 6. The molecule has 2 aromatic rings. The van der Waals surface area contributed by atoms with E-state index in [-0.39, 0.29) is 5.69 Å². The highest BCUT2D eigenvalue weighted by molar-refractivity contribution is 7.98. The van der Waals surface area contributed by atoms with E-state index in [1.165, 1.54) is 28.8 Å². The highest BCUT2D eigenvalue weighted by Crippen LogP contribution is 2.19. The van der Waals surface area contributed by atoms with Crippen LogP contribution in [0.2, 0.25) is 0 Å². The number of aryl methyl sites for hydroxylation is 1. The predicted molar refractivity (Wildman–Crippen MR) is 69.7 cm³/mol. The fraction of sp³-hybridized carbons (Fsp3) is 0.300. The van der Waals surface area contributed by atoms with Crippen LogP contribution in [0.25, 0.3) is 0 Å². The van der Waals surface area contributed by atoms with Crippen LogP contribution < -0.4 is 0 Å². The summed E-state index contributed by atoms with van der Waals surface area (Å²) in [7, 11) is 0. The van der Waals surface area contributed by atoms with E-state index in [4.69, 9.17) is 0 Å². The summed E-state index contributed by atoms with van der Waals surface area (Å²) in [6.07, 6.45) is 4.37. The number of hydrogen-bond donors (Lipinski definition) is 0. The Kier molecular flexibility index (Phi) is 3.95. The molecular formula is C10H12N6O2S. The van der Waals surface area contributed by atoms with Gasteiger partial charge in [0.15, 0.2) is 5.16 Å². The zero-order chi connectivity index (χ0) is 13.8. The van der Waals surface area contributed by atoms with E-state index >= 15 is 0 Å². The minimum atomic E-state index is -0.474. The van der Waals surface area contributed by atoms with E-state index in [1.807, 2.05) is 11.5 Å². The van der Waals surface area contributed by atoms with E-state index in [1.54, 1.807) is 6.08 Å². The fourth-order valence-corrected chi connectivity index (χ4v) is 2.30. The second kappa shape index (κ2) is 5.65. The molecule has 2 aromatic heterocycles. The molecule has 0 saturated carbocycles. The average Bonchev–Trinajstić information content (AvgIpc) is 2.96. The highest BCUT2D eigenvalue weighted by atomic mass is 32.2. The molecule has 19 heavy (non-hydrogen) atoms. The predicted octanol–water partition coefficient (Wildman–Crippen LogP) is 1.63. The lowest BCUT2D eigenvalue weighted by molar-refractivity contribution is -0.385. The summed E-state index contributed by atoms with van der Waals surface area (Å²) in [5, 5.41) is 23.2. The van der Waals surface area contributed by atoms with E-state index in [0.717, 1.165) is 11.0 Å². The molecular weight excluding hydrogens is 268 g/mol. The summed E-state index contributed by atoms with van der Waals surface area (Å²) in [6.45, 7) is 6.17. The van der Waals surface area contributed by atoms with Crippen LogP contribution in [-0.2, 0) is 12.4 Å². The van der Waals surface area contributed by atoms with Gasteiger partial charge < -0.3 is 4.57 Å². The second-order valence-electron chi connectivity index (χ2n) is 3.70. The van der Waals surface area contributed by atoms with Crippen molar-refractivity contribution in [3.8, 4) is 0 Å². The van der Waals surface area contributed by atoms with Gasteiger partial charge in [0.1, 0.15) is 18.2 Å². The lowest BCUT2D eigenvalue weighted by Crippen LogP contribution is -2.02. The molecule has 0 amide bonds. The molecule has 0 aliphatic carbocycles. The monoisotopic (exact) mass is 280 g/mol. The van der Waals surface area contributed by atoms with Crippen molar-refractivity contribution in [3.05, 3.63) is 41.0 Å². The Hall–Kier alpha value is -2.16. The lowest BCUT2D eigenvalue weighted by Gasteiger charge is -2.04. The van der Waals surface area contributed by atoms with Crippen LogP contribution in [-0.4, -0.2) is 29.5 Å². The molecule has 0 radical (unpaired) electrons. The first kappa shape index (κ1) is 13.3.